The molecule has 0 aromatic heterocycles. The van der Waals surface area contributed by atoms with Crippen LogP contribution in [0.15, 0.2) is 18.2 Å². The Hall–Kier alpha value is -0.930. The van der Waals surface area contributed by atoms with E-state index in [1.54, 1.807) is 13.2 Å². The number of nitrogens with one attached hydrogen (secondary N) is 1. The minimum Gasteiger partial charge on any atom is -0.380 e. The number of hydrogen-bond donors (Lipinski definition) is 1. The van der Waals surface area contributed by atoms with Crippen LogP contribution in [0.1, 0.15) is 29.9 Å². The molecule has 1 fully saturated rings. The molecule has 1 aliphatic heterocycles. The molecule has 0 bridgehead atoms. The van der Waals surface area contributed by atoms with Crippen molar-refractivity contribution in [2.45, 2.75) is 25.4 Å². The quantitative estimate of drug-likeness (QED) is 0.849. The van der Waals surface area contributed by atoms with Crippen molar-refractivity contribution in [1.82, 2.24) is 5.32 Å². The van der Waals surface area contributed by atoms with Gasteiger partial charge in [-0.05, 0) is 43.5 Å². The SMILES string of the molecule is COCc1cc(C2CCNCC2)ccc1F. The smallest absolute Gasteiger partial charge is 0.128 e. The first kappa shape index (κ1) is 11.6. The molecule has 1 aliphatic rings. The predicted molar refractivity (Wildman–Crippen MR) is 62.0 cm³/mol. The summed E-state index contributed by atoms with van der Waals surface area (Å²) < 4.78 is 18.4. The maximum Gasteiger partial charge on any atom is 0.128 e. The van der Waals surface area contributed by atoms with Gasteiger partial charge in [0.15, 0.2) is 0 Å². The van der Waals surface area contributed by atoms with E-state index in [4.69, 9.17) is 4.74 Å². The summed E-state index contributed by atoms with van der Waals surface area (Å²) in [5, 5.41) is 3.34. The Labute approximate surface area is 95.8 Å². The molecule has 0 aliphatic carbocycles. The fourth-order valence-electron chi connectivity index (χ4n) is 2.27. The van der Waals surface area contributed by atoms with Gasteiger partial charge in [-0.2, -0.15) is 0 Å². The standard InChI is InChI=1S/C13H18FNO/c1-16-9-12-8-11(2-3-13(12)14)10-4-6-15-7-5-10/h2-3,8,10,15H,4-7,9H2,1H3. The molecule has 1 aromatic carbocycles. The molecule has 1 heterocycles. The van der Waals surface area contributed by atoms with Gasteiger partial charge in [-0.25, -0.2) is 4.39 Å². The number of benzene rings is 1. The second-order valence-corrected chi connectivity index (χ2v) is 4.31. The highest BCUT2D eigenvalue weighted by Crippen LogP contribution is 2.26. The summed E-state index contributed by atoms with van der Waals surface area (Å²) >= 11 is 0. The number of piperidine rings is 1. The van der Waals surface area contributed by atoms with Crippen molar-refractivity contribution in [3.05, 3.63) is 35.1 Å². The molecule has 2 nitrogen and oxygen atoms in total. The van der Waals surface area contributed by atoms with Gasteiger partial charge in [-0.1, -0.05) is 12.1 Å². The third kappa shape index (κ3) is 2.60. The fourth-order valence-corrected chi connectivity index (χ4v) is 2.27. The molecule has 0 spiro atoms. The van der Waals surface area contributed by atoms with Gasteiger partial charge >= 0.3 is 0 Å². The zero-order chi connectivity index (χ0) is 11.4. The van der Waals surface area contributed by atoms with Crippen LogP contribution in [0.4, 0.5) is 4.39 Å². The molecule has 0 saturated carbocycles. The van der Waals surface area contributed by atoms with Crippen LogP contribution in [-0.2, 0) is 11.3 Å². The minimum absolute atomic E-state index is 0.167. The summed E-state index contributed by atoms with van der Waals surface area (Å²) in [6, 6.07) is 5.42. The third-order valence-electron chi connectivity index (χ3n) is 3.18. The van der Waals surface area contributed by atoms with Gasteiger partial charge < -0.3 is 10.1 Å². The van der Waals surface area contributed by atoms with Crippen molar-refractivity contribution < 1.29 is 9.13 Å². The Morgan fingerprint density at radius 1 is 1.38 bits per heavy atom. The van der Waals surface area contributed by atoms with E-state index in [2.05, 4.69) is 5.32 Å². The van der Waals surface area contributed by atoms with Gasteiger partial charge in [0.05, 0.1) is 6.61 Å². The Morgan fingerprint density at radius 2 is 2.12 bits per heavy atom. The van der Waals surface area contributed by atoms with Gasteiger partial charge in [-0.3, -0.25) is 0 Å². The molecule has 3 heteroatoms. The largest absolute Gasteiger partial charge is 0.380 e. The van der Waals surface area contributed by atoms with Gasteiger partial charge in [0.1, 0.15) is 5.82 Å². The average molecular weight is 223 g/mol. The summed E-state index contributed by atoms with van der Waals surface area (Å²) in [5.41, 5.74) is 1.91. The summed E-state index contributed by atoms with van der Waals surface area (Å²) in [4.78, 5) is 0. The third-order valence-corrected chi connectivity index (χ3v) is 3.18. The van der Waals surface area contributed by atoms with Crippen LogP contribution in [0.3, 0.4) is 0 Å². The summed E-state index contributed by atoms with van der Waals surface area (Å²) in [7, 11) is 1.59. The van der Waals surface area contributed by atoms with Gasteiger partial charge in [-0.15, -0.1) is 0 Å². The van der Waals surface area contributed by atoms with Gasteiger partial charge in [0.25, 0.3) is 0 Å². The van der Waals surface area contributed by atoms with Crippen molar-refractivity contribution in [2.75, 3.05) is 20.2 Å². The van der Waals surface area contributed by atoms with E-state index < -0.39 is 0 Å². The van der Waals surface area contributed by atoms with E-state index in [-0.39, 0.29) is 5.82 Å². The second-order valence-electron chi connectivity index (χ2n) is 4.31. The van der Waals surface area contributed by atoms with Crippen molar-refractivity contribution >= 4 is 0 Å². The highest BCUT2D eigenvalue weighted by molar-refractivity contribution is 5.27. The van der Waals surface area contributed by atoms with Gasteiger partial charge in [0.2, 0.25) is 0 Å². The monoisotopic (exact) mass is 223 g/mol. The number of ether oxygens (including phenoxy) is 1. The molecule has 0 amide bonds. The Balaban J connectivity index is 2.17. The van der Waals surface area contributed by atoms with E-state index in [1.165, 1.54) is 5.56 Å². The zero-order valence-corrected chi connectivity index (χ0v) is 9.63. The van der Waals surface area contributed by atoms with E-state index in [1.807, 2.05) is 12.1 Å². The van der Waals surface area contributed by atoms with Crippen molar-refractivity contribution in [2.24, 2.45) is 0 Å². The van der Waals surface area contributed by atoms with Crippen molar-refractivity contribution in [1.29, 1.82) is 0 Å². The number of hydrogen-bond acceptors (Lipinski definition) is 2. The first-order valence-corrected chi connectivity index (χ1v) is 5.79. The molecular weight excluding hydrogens is 205 g/mol. The van der Waals surface area contributed by atoms with Crippen LogP contribution in [0.5, 0.6) is 0 Å². The highest BCUT2D eigenvalue weighted by Gasteiger charge is 2.16. The normalized spacial score (nSPS) is 17.6. The van der Waals surface area contributed by atoms with Crippen LogP contribution in [-0.4, -0.2) is 20.2 Å². The van der Waals surface area contributed by atoms with Crippen molar-refractivity contribution in [3.8, 4) is 0 Å². The minimum atomic E-state index is -0.167. The number of methoxy groups -OCH3 is 1. The molecule has 2 rings (SSSR count). The van der Waals surface area contributed by atoms with Crippen LogP contribution in [0.2, 0.25) is 0 Å². The van der Waals surface area contributed by atoms with Crippen LogP contribution in [0, 0.1) is 5.82 Å². The molecule has 1 aromatic rings. The lowest BCUT2D eigenvalue weighted by molar-refractivity contribution is 0.181. The number of halogens is 1. The lowest BCUT2D eigenvalue weighted by atomic mass is 9.89. The molecule has 0 radical (unpaired) electrons. The molecule has 0 atom stereocenters. The van der Waals surface area contributed by atoms with Crippen molar-refractivity contribution in [3.63, 3.8) is 0 Å². The molecular formula is C13H18FNO. The lowest BCUT2D eigenvalue weighted by Crippen LogP contribution is -2.26. The predicted octanol–water partition coefficient (Wildman–Crippen LogP) is 2.44. The van der Waals surface area contributed by atoms with E-state index in [0.29, 0.717) is 18.1 Å². The van der Waals surface area contributed by atoms with Crippen LogP contribution < -0.4 is 5.32 Å². The maximum absolute atomic E-state index is 13.4. The lowest BCUT2D eigenvalue weighted by Gasteiger charge is -2.23. The summed E-state index contributed by atoms with van der Waals surface area (Å²) in [6.45, 7) is 2.47. The van der Waals surface area contributed by atoms with Crippen LogP contribution >= 0.6 is 0 Å². The Bertz CT molecular complexity index is 348. The molecule has 88 valence electrons. The highest BCUT2D eigenvalue weighted by atomic mass is 19.1. The summed E-state index contributed by atoms with van der Waals surface area (Å²) in [5.74, 6) is 0.400. The molecule has 0 unspecified atom stereocenters. The average Bonchev–Trinajstić information content (AvgIpc) is 2.33. The van der Waals surface area contributed by atoms with Crippen LogP contribution in [0.25, 0.3) is 0 Å². The van der Waals surface area contributed by atoms with E-state index in [9.17, 15) is 4.39 Å². The summed E-state index contributed by atoms with van der Waals surface area (Å²) in [6.07, 6.45) is 2.27. The fraction of sp³-hybridized carbons (Fsp3) is 0.538. The number of rotatable bonds is 3. The molecule has 16 heavy (non-hydrogen) atoms. The topological polar surface area (TPSA) is 21.3 Å². The Morgan fingerprint density at radius 3 is 2.81 bits per heavy atom. The molecule has 1 saturated heterocycles. The van der Waals surface area contributed by atoms with E-state index >= 15 is 0 Å². The Kier molecular flexibility index (Phi) is 3.91. The first-order chi connectivity index (χ1) is 7.81. The first-order valence-electron chi connectivity index (χ1n) is 5.79. The van der Waals surface area contributed by atoms with Gasteiger partial charge in [0, 0.05) is 12.7 Å². The maximum atomic E-state index is 13.4. The van der Waals surface area contributed by atoms with E-state index in [0.717, 1.165) is 25.9 Å². The second kappa shape index (κ2) is 5.41. The zero-order valence-electron chi connectivity index (χ0n) is 9.63. The molecule has 1 N–H and O–H groups in total.